The SMILES string of the molecule is CCOc1cc(NC(=O)C(O)C2CCCOC2)ccc1S(=O)(=O)Nc1cccc(OC(F)(F)F)c1. The summed E-state index contributed by atoms with van der Waals surface area (Å²) in [7, 11) is -4.30. The van der Waals surface area contributed by atoms with Gasteiger partial charge in [0.25, 0.3) is 15.9 Å². The lowest BCUT2D eigenvalue weighted by atomic mass is 9.95. The summed E-state index contributed by atoms with van der Waals surface area (Å²) in [4.78, 5) is 12.1. The van der Waals surface area contributed by atoms with E-state index in [0.717, 1.165) is 18.6 Å². The minimum Gasteiger partial charge on any atom is -0.492 e. The molecule has 1 aliphatic heterocycles. The molecule has 0 aromatic heterocycles. The zero-order valence-electron chi connectivity index (χ0n) is 18.7. The van der Waals surface area contributed by atoms with Gasteiger partial charge in [-0.25, -0.2) is 8.42 Å². The van der Waals surface area contributed by atoms with Gasteiger partial charge in [0.15, 0.2) is 0 Å². The van der Waals surface area contributed by atoms with E-state index in [1.807, 2.05) is 0 Å². The molecule has 1 saturated heterocycles. The third-order valence-corrected chi connectivity index (χ3v) is 6.45. The molecule has 35 heavy (non-hydrogen) atoms. The van der Waals surface area contributed by atoms with Crippen LogP contribution < -0.4 is 19.5 Å². The van der Waals surface area contributed by atoms with Gasteiger partial charge in [0.2, 0.25) is 0 Å². The van der Waals surface area contributed by atoms with Crippen molar-refractivity contribution in [1.29, 1.82) is 0 Å². The number of anilines is 2. The quantitative estimate of drug-likeness (QED) is 0.464. The first-order valence-corrected chi connectivity index (χ1v) is 12.2. The summed E-state index contributed by atoms with van der Waals surface area (Å²) in [5, 5.41) is 12.8. The first-order chi connectivity index (χ1) is 16.5. The number of sulfonamides is 1. The Bertz CT molecular complexity index is 1140. The number of aliphatic hydroxyl groups is 1. The molecule has 0 radical (unpaired) electrons. The van der Waals surface area contributed by atoms with Crippen LogP contribution in [-0.4, -0.2) is 51.7 Å². The van der Waals surface area contributed by atoms with Crippen LogP contribution in [0.25, 0.3) is 0 Å². The molecular formula is C22H25F3N2O7S. The monoisotopic (exact) mass is 518 g/mol. The molecule has 3 rings (SSSR count). The molecule has 9 nitrogen and oxygen atoms in total. The standard InChI is InChI=1S/C22H25F3N2O7S/c1-2-33-18-12-15(26-21(29)20(28)14-5-4-10-32-13-14)8-9-19(18)35(30,31)27-16-6-3-7-17(11-16)34-22(23,24)25/h3,6-9,11-12,14,20,27-28H,2,4-5,10,13H2,1H3,(H,26,29). The Labute approximate surface area is 200 Å². The molecule has 0 saturated carbocycles. The van der Waals surface area contributed by atoms with Gasteiger partial charge in [0.1, 0.15) is 22.5 Å². The number of hydrogen-bond donors (Lipinski definition) is 3. The molecule has 0 aliphatic carbocycles. The van der Waals surface area contributed by atoms with Crippen molar-refractivity contribution in [3.63, 3.8) is 0 Å². The highest BCUT2D eigenvalue weighted by atomic mass is 32.2. The van der Waals surface area contributed by atoms with Crippen molar-refractivity contribution in [3.05, 3.63) is 42.5 Å². The van der Waals surface area contributed by atoms with Crippen LogP contribution in [0.5, 0.6) is 11.5 Å². The minimum atomic E-state index is -4.93. The number of carbonyl (C=O) groups is 1. The molecule has 1 fully saturated rings. The largest absolute Gasteiger partial charge is 0.573 e. The smallest absolute Gasteiger partial charge is 0.492 e. The molecule has 1 amide bonds. The van der Waals surface area contributed by atoms with E-state index in [1.54, 1.807) is 6.92 Å². The average Bonchev–Trinajstić information content (AvgIpc) is 2.78. The van der Waals surface area contributed by atoms with Crippen LogP contribution in [0.4, 0.5) is 24.5 Å². The molecule has 0 spiro atoms. The van der Waals surface area contributed by atoms with Crippen molar-refractivity contribution in [1.82, 2.24) is 0 Å². The third kappa shape index (κ3) is 7.47. The first kappa shape index (κ1) is 26.6. The van der Waals surface area contributed by atoms with E-state index in [-0.39, 0.29) is 41.2 Å². The highest BCUT2D eigenvalue weighted by Gasteiger charge is 2.31. The van der Waals surface area contributed by atoms with Gasteiger partial charge in [-0.1, -0.05) is 6.07 Å². The minimum absolute atomic E-state index is 0.0941. The second-order valence-corrected chi connectivity index (χ2v) is 9.34. The van der Waals surface area contributed by atoms with Gasteiger partial charge in [0, 0.05) is 30.3 Å². The molecule has 2 aromatic rings. The fourth-order valence-electron chi connectivity index (χ4n) is 3.49. The predicted octanol–water partition coefficient (Wildman–Crippen LogP) is 3.51. The highest BCUT2D eigenvalue weighted by molar-refractivity contribution is 7.92. The van der Waals surface area contributed by atoms with Crippen molar-refractivity contribution in [2.45, 2.75) is 37.1 Å². The summed E-state index contributed by atoms with van der Waals surface area (Å²) in [6.45, 7) is 2.56. The number of hydrogen-bond acceptors (Lipinski definition) is 7. The topological polar surface area (TPSA) is 123 Å². The van der Waals surface area contributed by atoms with Crippen LogP contribution >= 0.6 is 0 Å². The second-order valence-electron chi connectivity index (χ2n) is 7.69. The molecule has 2 atom stereocenters. The van der Waals surface area contributed by atoms with E-state index < -0.39 is 34.1 Å². The molecule has 192 valence electrons. The number of amides is 1. The molecule has 2 aromatic carbocycles. The number of alkyl halides is 3. The Balaban J connectivity index is 1.78. The molecule has 2 unspecified atom stereocenters. The maximum Gasteiger partial charge on any atom is 0.573 e. The number of rotatable bonds is 9. The summed E-state index contributed by atoms with van der Waals surface area (Å²) in [5.74, 6) is -1.71. The van der Waals surface area contributed by atoms with Crippen LogP contribution in [0.3, 0.4) is 0 Å². The first-order valence-electron chi connectivity index (χ1n) is 10.7. The van der Waals surface area contributed by atoms with Gasteiger partial charge in [0.05, 0.1) is 18.9 Å². The van der Waals surface area contributed by atoms with E-state index in [4.69, 9.17) is 9.47 Å². The highest BCUT2D eigenvalue weighted by Crippen LogP contribution is 2.31. The van der Waals surface area contributed by atoms with Gasteiger partial charge in [-0.05, 0) is 44.0 Å². The summed E-state index contributed by atoms with van der Waals surface area (Å²) in [5.41, 5.74) is 0.0261. The molecular weight excluding hydrogens is 493 g/mol. The summed E-state index contributed by atoms with van der Waals surface area (Å²) >= 11 is 0. The number of ether oxygens (including phenoxy) is 3. The van der Waals surface area contributed by atoms with Crippen LogP contribution in [0, 0.1) is 5.92 Å². The Morgan fingerprint density at radius 1 is 1.23 bits per heavy atom. The zero-order valence-corrected chi connectivity index (χ0v) is 19.5. The second kappa shape index (κ2) is 11.1. The van der Waals surface area contributed by atoms with Gasteiger partial charge in [-0.2, -0.15) is 0 Å². The summed E-state index contributed by atoms with van der Waals surface area (Å²) < 4.78 is 80.0. The summed E-state index contributed by atoms with van der Waals surface area (Å²) in [6, 6.07) is 8.13. The summed E-state index contributed by atoms with van der Waals surface area (Å²) in [6.07, 6.45) is -4.87. The van der Waals surface area contributed by atoms with E-state index in [0.29, 0.717) is 13.0 Å². The molecule has 1 aliphatic rings. The van der Waals surface area contributed by atoms with Gasteiger partial charge in [-0.3, -0.25) is 9.52 Å². The van der Waals surface area contributed by atoms with E-state index in [9.17, 15) is 31.5 Å². The number of aliphatic hydroxyl groups excluding tert-OH is 1. The van der Waals surface area contributed by atoms with Crippen molar-refractivity contribution in [2.75, 3.05) is 29.9 Å². The maximum absolute atomic E-state index is 12.9. The molecule has 13 heteroatoms. The number of benzene rings is 2. The molecule has 3 N–H and O–H groups in total. The fraction of sp³-hybridized carbons (Fsp3) is 0.409. The van der Waals surface area contributed by atoms with Crippen LogP contribution in [0.2, 0.25) is 0 Å². The van der Waals surface area contributed by atoms with Crippen molar-refractivity contribution in [3.8, 4) is 11.5 Å². The fourth-order valence-corrected chi connectivity index (χ4v) is 4.67. The average molecular weight is 519 g/mol. The lowest BCUT2D eigenvalue weighted by Gasteiger charge is -2.26. The van der Waals surface area contributed by atoms with Gasteiger partial charge < -0.3 is 24.6 Å². The Kier molecular flexibility index (Phi) is 8.46. The van der Waals surface area contributed by atoms with E-state index in [1.165, 1.54) is 30.3 Å². The lowest BCUT2D eigenvalue weighted by molar-refractivity contribution is -0.274. The maximum atomic E-state index is 12.9. The molecule has 0 bridgehead atoms. The van der Waals surface area contributed by atoms with Gasteiger partial charge in [-0.15, -0.1) is 13.2 Å². The van der Waals surface area contributed by atoms with Gasteiger partial charge >= 0.3 is 6.36 Å². The Hall–Kier alpha value is -3.03. The van der Waals surface area contributed by atoms with E-state index in [2.05, 4.69) is 14.8 Å². The number of carbonyl (C=O) groups excluding carboxylic acids is 1. The van der Waals surface area contributed by atoms with Crippen LogP contribution in [0.1, 0.15) is 19.8 Å². The van der Waals surface area contributed by atoms with Crippen LogP contribution in [-0.2, 0) is 19.6 Å². The van der Waals surface area contributed by atoms with Crippen LogP contribution in [0.15, 0.2) is 47.4 Å². The predicted molar refractivity (Wildman–Crippen MR) is 120 cm³/mol. The zero-order chi connectivity index (χ0) is 25.6. The molecule has 1 heterocycles. The third-order valence-electron chi connectivity index (χ3n) is 5.03. The normalized spacial score (nSPS) is 17.3. The number of nitrogens with one attached hydrogen (secondary N) is 2. The number of halogens is 3. The van der Waals surface area contributed by atoms with Crippen molar-refractivity contribution < 1.29 is 45.7 Å². The lowest BCUT2D eigenvalue weighted by Crippen LogP contribution is -2.38. The Morgan fingerprint density at radius 3 is 2.66 bits per heavy atom. The van der Waals surface area contributed by atoms with Crippen molar-refractivity contribution >= 4 is 27.3 Å². The van der Waals surface area contributed by atoms with E-state index >= 15 is 0 Å². The Morgan fingerprint density at radius 2 is 2.00 bits per heavy atom. The van der Waals surface area contributed by atoms with Crippen molar-refractivity contribution in [2.24, 2.45) is 5.92 Å².